The molecule has 0 bridgehead atoms. The first-order valence-electron chi connectivity index (χ1n) is 10.6. The van der Waals surface area contributed by atoms with Gasteiger partial charge in [-0.1, -0.05) is 18.2 Å². The molecule has 0 unspecified atom stereocenters. The zero-order chi connectivity index (χ0) is 20.5. The van der Waals surface area contributed by atoms with Gasteiger partial charge in [0.2, 0.25) is 6.79 Å². The first-order valence-corrected chi connectivity index (χ1v) is 10.6. The molecule has 2 aromatic carbocycles. The Labute approximate surface area is 176 Å². The molecule has 6 nitrogen and oxygen atoms in total. The van der Waals surface area contributed by atoms with E-state index in [9.17, 15) is 4.79 Å². The zero-order valence-corrected chi connectivity index (χ0v) is 17.3. The Hall–Kier alpha value is -2.99. The van der Waals surface area contributed by atoms with Crippen molar-refractivity contribution in [2.45, 2.75) is 19.4 Å². The van der Waals surface area contributed by atoms with Gasteiger partial charge in [-0.15, -0.1) is 0 Å². The van der Waals surface area contributed by atoms with Crippen LogP contribution in [0.25, 0.3) is 10.9 Å². The molecule has 1 aromatic heterocycles. The number of aryl methyl sites for hydroxylation is 1. The average Bonchev–Trinajstić information content (AvgIpc) is 3.51. The Morgan fingerprint density at radius 1 is 1.03 bits per heavy atom. The number of amides is 1. The maximum absolute atomic E-state index is 13.5. The van der Waals surface area contributed by atoms with Crippen LogP contribution in [0.5, 0.6) is 11.5 Å². The number of fused-ring (bicyclic) bond motifs is 2. The zero-order valence-electron chi connectivity index (χ0n) is 17.3. The normalized spacial score (nSPS) is 15.8. The third-order valence-corrected chi connectivity index (χ3v) is 6.20. The minimum atomic E-state index is 0.0257. The molecule has 156 valence electrons. The van der Waals surface area contributed by atoms with Crippen molar-refractivity contribution in [3.8, 4) is 11.5 Å². The van der Waals surface area contributed by atoms with Gasteiger partial charge in [-0.25, -0.2) is 0 Å². The van der Waals surface area contributed by atoms with Crippen molar-refractivity contribution in [1.29, 1.82) is 0 Å². The van der Waals surface area contributed by atoms with Gasteiger partial charge in [0.15, 0.2) is 11.5 Å². The summed E-state index contributed by atoms with van der Waals surface area (Å²) in [6.45, 7) is 4.64. The Morgan fingerprint density at radius 3 is 2.67 bits per heavy atom. The van der Waals surface area contributed by atoms with Crippen LogP contribution < -0.4 is 9.47 Å². The molecular weight excluding hydrogens is 378 g/mol. The lowest BCUT2D eigenvalue weighted by Gasteiger charge is -2.26. The number of hydrogen-bond acceptors (Lipinski definition) is 4. The summed E-state index contributed by atoms with van der Waals surface area (Å²) in [5.74, 6) is 1.37. The number of aromatic nitrogens is 1. The molecule has 3 aromatic rings. The molecule has 0 saturated carbocycles. The molecule has 0 N–H and O–H groups in total. The van der Waals surface area contributed by atoms with Gasteiger partial charge in [0.25, 0.3) is 5.91 Å². The molecule has 1 amide bonds. The summed E-state index contributed by atoms with van der Waals surface area (Å²) in [6, 6.07) is 16.0. The van der Waals surface area contributed by atoms with Gasteiger partial charge in [-0.2, -0.15) is 0 Å². The second-order valence-electron chi connectivity index (χ2n) is 8.10. The predicted octanol–water partition coefficient (Wildman–Crippen LogP) is 3.65. The lowest BCUT2D eigenvalue weighted by atomic mass is 10.1. The van der Waals surface area contributed by atoms with E-state index in [1.807, 2.05) is 17.0 Å². The van der Waals surface area contributed by atoms with E-state index in [0.717, 1.165) is 25.3 Å². The van der Waals surface area contributed by atoms with E-state index in [-0.39, 0.29) is 12.7 Å². The lowest BCUT2D eigenvalue weighted by molar-refractivity contribution is 0.0723. The molecule has 2 aliphatic heterocycles. The van der Waals surface area contributed by atoms with Gasteiger partial charge in [-0.3, -0.25) is 4.79 Å². The number of para-hydroxylation sites is 1. The van der Waals surface area contributed by atoms with Gasteiger partial charge in [0.05, 0.1) is 6.54 Å². The van der Waals surface area contributed by atoms with E-state index in [0.29, 0.717) is 30.2 Å². The van der Waals surface area contributed by atoms with Crippen LogP contribution >= 0.6 is 0 Å². The SMILES string of the molecule is Cn1c(CN(CCN2CCCC2)C(=O)c2ccc3c(c2)OCO3)cc2ccccc21. The van der Waals surface area contributed by atoms with Gasteiger partial charge in [-0.05, 0) is 61.6 Å². The van der Waals surface area contributed by atoms with E-state index in [1.54, 1.807) is 6.07 Å². The number of carbonyl (C=O) groups excluding carboxylic acids is 1. The van der Waals surface area contributed by atoms with Gasteiger partial charge in [0, 0.05) is 36.9 Å². The fourth-order valence-corrected chi connectivity index (χ4v) is 4.43. The monoisotopic (exact) mass is 405 g/mol. The number of likely N-dealkylation sites (tertiary alicyclic amines) is 1. The standard InChI is InChI=1S/C24H27N3O3/c1-25-20(14-18-6-2-3-7-21(18)25)16-27(13-12-26-10-4-5-11-26)24(28)19-8-9-22-23(15-19)30-17-29-22/h2-3,6-9,14-15H,4-5,10-13,16-17H2,1H3. The van der Waals surface area contributed by atoms with Gasteiger partial charge >= 0.3 is 0 Å². The number of ether oxygens (including phenoxy) is 2. The molecule has 5 rings (SSSR count). The minimum absolute atomic E-state index is 0.0257. The van der Waals surface area contributed by atoms with Crippen molar-refractivity contribution < 1.29 is 14.3 Å². The molecular formula is C24H27N3O3. The van der Waals surface area contributed by atoms with Crippen molar-refractivity contribution in [2.75, 3.05) is 33.0 Å². The highest BCUT2D eigenvalue weighted by molar-refractivity contribution is 5.95. The first kappa shape index (κ1) is 19.0. The van der Waals surface area contributed by atoms with Crippen molar-refractivity contribution >= 4 is 16.8 Å². The minimum Gasteiger partial charge on any atom is -0.454 e. The Bertz CT molecular complexity index is 1070. The molecule has 1 fully saturated rings. The predicted molar refractivity (Wildman–Crippen MR) is 116 cm³/mol. The summed E-state index contributed by atoms with van der Waals surface area (Å²) in [7, 11) is 2.07. The quantitative estimate of drug-likeness (QED) is 0.628. The molecule has 0 radical (unpaired) electrons. The van der Waals surface area contributed by atoms with Crippen LogP contribution in [0.3, 0.4) is 0 Å². The highest BCUT2D eigenvalue weighted by Gasteiger charge is 2.23. The molecule has 0 atom stereocenters. The molecule has 6 heteroatoms. The maximum atomic E-state index is 13.5. The molecule has 1 saturated heterocycles. The van der Waals surface area contributed by atoms with Crippen LogP contribution in [-0.4, -0.2) is 53.2 Å². The third kappa shape index (κ3) is 3.63. The summed E-state index contributed by atoms with van der Waals surface area (Å²) >= 11 is 0. The Kier molecular flexibility index (Phi) is 5.09. The lowest BCUT2D eigenvalue weighted by Crippen LogP contribution is -2.38. The number of benzene rings is 2. The van der Waals surface area contributed by atoms with Crippen LogP contribution in [0.1, 0.15) is 28.9 Å². The van der Waals surface area contributed by atoms with Crippen molar-refractivity contribution in [3.63, 3.8) is 0 Å². The van der Waals surface area contributed by atoms with Crippen LogP contribution in [0, 0.1) is 0 Å². The number of rotatable bonds is 6. The fourth-order valence-electron chi connectivity index (χ4n) is 4.43. The van der Waals surface area contributed by atoms with Gasteiger partial charge < -0.3 is 23.8 Å². The first-order chi connectivity index (χ1) is 14.7. The van der Waals surface area contributed by atoms with Crippen LogP contribution in [0.4, 0.5) is 0 Å². The Balaban J connectivity index is 1.41. The maximum Gasteiger partial charge on any atom is 0.254 e. The van der Waals surface area contributed by atoms with Gasteiger partial charge in [0.1, 0.15) is 0 Å². The summed E-state index contributed by atoms with van der Waals surface area (Å²) in [5, 5.41) is 1.20. The fraction of sp³-hybridized carbons (Fsp3) is 0.375. The molecule has 3 heterocycles. The van der Waals surface area contributed by atoms with E-state index in [4.69, 9.17) is 9.47 Å². The third-order valence-electron chi connectivity index (χ3n) is 6.20. The van der Waals surface area contributed by atoms with E-state index >= 15 is 0 Å². The van der Waals surface area contributed by atoms with Crippen molar-refractivity contribution in [3.05, 3.63) is 59.8 Å². The highest BCUT2D eigenvalue weighted by atomic mass is 16.7. The summed E-state index contributed by atoms with van der Waals surface area (Å²) in [5.41, 5.74) is 2.95. The van der Waals surface area contributed by atoms with Crippen LogP contribution in [-0.2, 0) is 13.6 Å². The number of nitrogens with zero attached hydrogens (tertiary/aromatic N) is 3. The van der Waals surface area contributed by atoms with E-state index in [1.165, 1.54) is 23.7 Å². The summed E-state index contributed by atoms with van der Waals surface area (Å²) < 4.78 is 13.1. The second kappa shape index (κ2) is 8.03. The smallest absolute Gasteiger partial charge is 0.254 e. The van der Waals surface area contributed by atoms with Crippen molar-refractivity contribution in [1.82, 2.24) is 14.4 Å². The largest absolute Gasteiger partial charge is 0.454 e. The van der Waals surface area contributed by atoms with Crippen molar-refractivity contribution in [2.24, 2.45) is 7.05 Å². The average molecular weight is 405 g/mol. The number of carbonyl (C=O) groups is 1. The van der Waals surface area contributed by atoms with Crippen LogP contribution in [0.15, 0.2) is 48.5 Å². The summed E-state index contributed by atoms with van der Waals surface area (Å²) in [6.07, 6.45) is 2.50. The Morgan fingerprint density at radius 2 is 1.83 bits per heavy atom. The molecule has 0 aliphatic carbocycles. The van der Waals surface area contributed by atoms with E-state index in [2.05, 4.69) is 46.8 Å². The molecule has 0 spiro atoms. The molecule has 2 aliphatic rings. The summed E-state index contributed by atoms with van der Waals surface area (Å²) in [4.78, 5) is 17.9. The second-order valence-corrected chi connectivity index (χ2v) is 8.10. The van der Waals surface area contributed by atoms with E-state index < -0.39 is 0 Å². The highest BCUT2D eigenvalue weighted by Crippen LogP contribution is 2.33. The van der Waals surface area contributed by atoms with Crippen LogP contribution in [0.2, 0.25) is 0 Å². The topological polar surface area (TPSA) is 46.9 Å². The number of hydrogen-bond donors (Lipinski definition) is 0. The molecule has 30 heavy (non-hydrogen) atoms.